The Hall–Kier alpha value is -1.97. The highest BCUT2D eigenvalue weighted by molar-refractivity contribution is 14.0. The maximum atomic E-state index is 12.1. The number of rotatable bonds is 5. The molecule has 8 heteroatoms. The predicted octanol–water partition coefficient (Wildman–Crippen LogP) is 4.17. The summed E-state index contributed by atoms with van der Waals surface area (Å²) in [6.07, 6.45) is -4.12. The number of halogens is 4. The van der Waals surface area contributed by atoms with Crippen LogP contribution in [0.15, 0.2) is 59.6 Å². The van der Waals surface area contributed by atoms with E-state index in [1.807, 2.05) is 30.3 Å². The smallest absolute Gasteiger partial charge is 0.406 e. The lowest BCUT2D eigenvalue weighted by molar-refractivity contribution is -0.274. The minimum absolute atomic E-state index is 0. The molecule has 0 saturated carbocycles. The molecule has 0 radical (unpaired) electrons. The van der Waals surface area contributed by atoms with Crippen LogP contribution in [0.1, 0.15) is 5.56 Å². The van der Waals surface area contributed by atoms with Gasteiger partial charge in [0.15, 0.2) is 5.96 Å². The summed E-state index contributed by atoms with van der Waals surface area (Å²) in [4.78, 5) is 4.17. The summed E-state index contributed by atoms with van der Waals surface area (Å²) in [6, 6.07) is 15.1. The molecule has 2 aromatic rings. The number of nitrogens with two attached hydrogens (primary N) is 1. The van der Waals surface area contributed by atoms with Crippen molar-refractivity contribution < 1.29 is 17.9 Å². The Bertz CT molecular complexity index is 646. The first-order valence-corrected chi connectivity index (χ1v) is 6.89. The van der Waals surface area contributed by atoms with Gasteiger partial charge in [0.1, 0.15) is 5.75 Å². The summed E-state index contributed by atoms with van der Waals surface area (Å²) in [5.74, 6) is 0.0447. The molecule has 0 aromatic heterocycles. The number of nitrogens with one attached hydrogen (secondary N) is 1. The van der Waals surface area contributed by atoms with E-state index in [0.717, 1.165) is 11.3 Å². The predicted molar refractivity (Wildman–Crippen MR) is 98.8 cm³/mol. The quantitative estimate of drug-likeness (QED) is 0.408. The molecule has 0 aliphatic heterocycles. The van der Waals surface area contributed by atoms with Crippen LogP contribution in [0.2, 0.25) is 0 Å². The SMILES string of the molecule is I.NC(=NCCc1ccc(OC(F)(F)F)cc1)Nc1ccccc1. The molecule has 0 saturated heterocycles. The van der Waals surface area contributed by atoms with Crippen molar-refractivity contribution in [2.75, 3.05) is 11.9 Å². The van der Waals surface area contributed by atoms with E-state index in [1.54, 1.807) is 12.1 Å². The van der Waals surface area contributed by atoms with Crippen LogP contribution >= 0.6 is 24.0 Å². The third-order valence-corrected chi connectivity index (χ3v) is 2.89. The third kappa shape index (κ3) is 7.53. The normalized spacial score (nSPS) is 11.5. The van der Waals surface area contributed by atoms with Gasteiger partial charge in [-0.15, -0.1) is 37.1 Å². The first-order chi connectivity index (χ1) is 10.9. The van der Waals surface area contributed by atoms with Crippen LogP contribution in [-0.2, 0) is 6.42 Å². The molecule has 0 heterocycles. The first-order valence-electron chi connectivity index (χ1n) is 6.89. The molecule has 4 nitrogen and oxygen atoms in total. The van der Waals surface area contributed by atoms with E-state index in [0.29, 0.717) is 13.0 Å². The molecule has 0 fully saturated rings. The highest BCUT2D eigenvalue weighted by atomic mass is 127. The molecule has 0 bridgehead atoms. The molecular weight excluding hydrogens is 434 g/mol. The Morgan fingerprint density at radius 3 is 2.25 bits per heavy atom. The number of guanidine groups is 1. The zero-order chi connectivity index (χ0) is 16.7. The van der Waals surface area contributed by atoms with Gasteiger partial charge in [-0.3, -0.25) is 4.99 Å². The van der Waals surface area contributed by atoms with Crippen LogP contribution < -0.4 is 15.8 Å². The second-order valence-corrected chi connectivity index (χ2v) is 4.70. The van der Waals surface area contributed by atoms with Crippen molar-refractivity contribution >= 4 is 35.6 Å². The standard InChI is InChI=1S/C16H16F3N3O.HI/c17-16(18,19)23-14-8-6-12(7-9-14)10-11-21-15(20)22-13-4-2-1-3-5-13;/h1-9H,10-11H2,(H3,20,21,22);1H. The van der Waals surface area contributed by atoms with Crippen molar-refractivity contribution in [2.45, 2.75) is 12.8 Å². The Kier molecular flexibility index (Phi) is 7.83. The number of hydrogen-bond donors (Lipinski definition) is 2. The van der Waals surface area contributed by atoms with Gasteiger partial charge >= 0.3 is 6.36 Å². The van der Waals surface area contributed by atoms with Crippen molar-refractivity contribution in [3.63, 3.8) is 0 Å². The molecular formula is C16H17F3IN3O. The number of para-hydroxylation sites is 1. The van der Waals surface area contributed by atoms with E-state index >= 15 is 0 Å². The van der Waals surface area contributed by atoms with Crippen LogP contribution in [-0.4, -0.2) is 18.9 Å². The maximum absolute atomic E-state index is 12.1. The van der Waals surface area contributed by atoms with Crippen LogP contribution in [0.4, 0.5) is 18.9 Å². The van der Waals surface area contributed by atoms with Gasteiger partial charge in [-0.05, 0) is 36.2 Å². The molecule has 24 heavy (non-hydrogen) atoms. The van der Waals surface area contributed by atoms with Crippen molar-refractivity contribution in [1.29, 1.82) is 0 Å². The van der Waals surface area contributed by atoms with Gasteiger partial charge in [0.25, 0.3) is 0 Å². The molecule has 130 valence electrons. The molecule has 3 N–H and O–H groups in total. The molecule has 0 spiro atoms. The fourth-order valence-electron chi connectivity index (χ4n) is 1.87. The van der Waals surface area contributed by atoms with Crippen molar-refractivity contribution in [1.82, 2.24) is 0 Å². The molecule has 2 aromatic carbocycles. The maximum Gasteiger partial charge on any atom is 0.573 e. The van der Waals surface area contributed by atoms with Gasteiger partial charge in [-0.1, -0.05) is 30.3 Å². The largest absolute Gasteiger partial charge is 0.573 e. The molecule has 0 unspecified atom stereocenters. The molecule has 0 atom stereocenters. The van der Waals surface area contributed by atoms with Crippen molar-refractivity contribution in [3.05, 3.63) is 60.2 Å². The molecule has 0 aliphatic rings. The highest BCUT2D eigenvalue weighted by Crippen LogP contribution is 2.22. The van der Waals surface area contributed by atoms with Crippen LogP contribution in [0.25, 0.3) is 0 Å². The van der Waals surface area contributed by atoms with E-state index in [2.05, 4.69) is 15.0 Å². The zero-order valence-corrected chi connectivity index (χ0v) is 14.9. The lowest BCUT2D eigenvalue weighted by atomic mass is 10.1. The average Bonchev–Trinajstić information content (AvgIpc) is 2.48. The number of alkyl halides is 3. The average molecular weight is 451 g/mol. The van der Waals surface area contributed by atoms with Crippen LogP contribution in [0.3, 0.4) is 0 Å². The summed E-state index contributed by atoms with van der Waals surface area (Å²) in [5.41, 5.74) is 7.44. The first kappa shape index (κ1) is 20.1. The number of ether oxygens (including phenoxy) is 1. The fourth-order valence-corrected chi connectivity index (χ4v) is 1.87. The molecule has 0 amide bonds. The molecule has 2 rings (SSSR count). The minimum Gasteiger partial charge on any atom is -0.406 e. The monoisotopic (exact) mass is 451 g/mol. The summed E-state index contributed by atoms with van der Waals surface area (Å²) in [6.45, 7) is 0.422. The topological polar surface area (TPSA) is 59.6 Å². The third-order valence-electron chi connectivity index (χ3n) is 2.89. The van der Waals surface area contributed by atoms with Gasteiger partial charge in [-0.25, -0.2) is 0 Å². The Morgan fingerprint density at radius 1 is 1.04 bits per heavy atom. The summed E-state index contributed by atoms with van der Waals surface area (Å²) in [7, 11) is 0. The minimum atomic E-state index is -4.68. The van der Waals surface area contributed by atoms with E-state index in [1.165, 1.54) is 12.1 Å². The zero-order valence-electron chi connectivity index (χ0n) is 12.6. The van der Waals surface area contributed by atoms with Gasteiger partial charge < -0.3 is 15.8 Å². The lowest BCUT2D eigenvalue weighted by Crippen LogP contribution is -2.23. The van der Waals surface area contributed by atoms with E-state index < -0.39 is 6.36 Å². The van der Waals surface area contributed by atoms with Gasteiger partial charge in [0.2, 0.25) is 0 Å². The summed E-state index contributed by atoms with van der Waals surface area (Å²) in [5, 5.41) is 2.95. The van der Waals surface area contributed by atoms with Crippen molar-refractivity contribution in [3.8, 4) is 5.75 Å². The number of benzene rings is 2. The van der Waals surface area contributed by atoms with Crippen LogP contribution in [0.5, 0.6) is 5.75 Å². The molecule has 0 aliphatic carbocycles. The van der Waals surface area contributed by atoms with Gasteiger partial charge in [0.05, 0.1) is 0 Å². The van der Waals surface area contributed by atoms with E-state index in [9.17, 15) is 13.2 Å². The number of aliphatic imine (C=N–C) groups is 1. The van der Waals surface area contributed by atoms with Crippen molar-refractivity contribution in [2.24, 2.45) is 10.7 Å². The van der Waals surface area contributed by atoms with Gasteiger partial charge in [0, 0.05) is 12.2 Å². The Morgan fingerprint density at radius 2 is 1.67 bits per heavy atom. The number of anilines is 1. The number of nitrogens with zero attached hydrogens (tertiary/aromatic N) is 1. The van der Waals surface area contributed by atoms with E-state index in [4.69, 9.17) is 5.73 Å². The second kappa shape index (κ2) is 9.36. The number of hydrogen-bond acceptors (Lipinski definition) is 2. The Labute approximate surface area is 154 Å². The fraction of sp³-hybridized carbons (Fsp3) is 0.188. The lowest BCUT2D eigenvalue weighted by Gasteiger charge is -2.09. The Balaban J connectivity index is 0.00000288. The summed E-state index contributed by atoms with van der Waals surface area (Å²) >= 11 is 0. The second-order valence-electron chi connectivity index (χ2n) is 4.70. The van der Waals surface area contributed by atoms with Gasteiger partial charge in [-0.2, -0.15) is 0 Å². The van der Waals surface area contributed by atoms with E-state index in [-0.39, 0.29) is 35.7 Å². The highest BCUT2D eigenvalue weighted by Gasteiger charge is 2.30. The summed E-state index contributed by atoms with van der Waals surface area (Å²) < 4.78 is 40.0. The van der Waals surface area contributed by atoms with Crippen LogP contribution in [0, 0.1) is 0 Å².